The SMILES string of the molecule is O=C(O)C1CCCC2=C1C=CC2. The highest BCUT2D eigenvalue weighted by Gasteiger charge is 2.28. The van der Waals surface area contributed by atoms with Gasteiger partial charge in [0.25, 0.3) is 0 Å². The minimum Gasteiger partial charge on any atom is -0.481 e. The van der Waals surface area contributed by atoms with Crippen LogP contribution in [0.15, 0.2) is 23.3 Å². The number of hydrogen-bond acceptors (Lipinski definition) is 1. The molecule has 0 radical (unpaired) electrons. The van der Waals surface area contributed by atoms with E-state index in [1.165, 1.54) is 5.57 Å². The van der Waals surface area contributed by atoms with Crippen molar-refractivity contribution in [1.29, 1.82) is 0 Å². The van der Waals surface area contributed by atoms with E-state index in [4.69, 9.17) is 5.11 Å². The predicted molar refractivity (Wildman–Crippen MR) is 45.8 cm³/mol. The Morgan fingerprint density at radius 1 is 1.58 bits per heavy atom. The van der Waals surface area contributed by atoms with Crippen molar-refractivity contribution in [2.45, 2.75) is 25.7 Å². The summed E-state index contributed by atoms with van der Waals surface area (Å²) in [4.78, 5) is 10.8. The summed E-state index contributed by atoms with van der Waals surface area (Å²) in [6, 6.07) is 0. The quantitative estimate of drug-likeness (QED) is 0.644. The van der Waals surface area contributed by atoms with Crippen LogP contribution in [0.4, 0.5) is 0 Å². The van der Waals surface area contributed by atoms with Gasteiger partial charge in [0.05, 0.1) is 5.92 Å². The molecule has 0 aromatic rings. The monoisotopic (exact) mass is 164 g/mol. The number of carbonyl (C=O) groups is 1. The molecule has 64 valence electrons. The summed E-state index contributed by atoms with van der Waals surface area (Å²) >= 11 is 0. The van der Waals surface area contributed by atoms with Crippen molar-refractivity contribution in [2.75, 3.05) is 0 Å². The van der Waals surface area contributed by atoms with Crippen LogP contribution in [-0.4, -0.2) is 11.1 Å². The highest BCUT2D eigenvalue weighted by atomic mass is 16.4. The number of carboxylic acid groups (broad SMARTS) is 1. The molecule has 1 N–H and O–H groups in total. The number of rotatable bonds is 1. The fourth-order valence-corrected chi connectivity index (χ4v) is 2.10. The van der Waals surface area contributed by atoms with Crippen LogP contribution in [0.3, 0.4) is 0 Å². The van der Waals surface area contributed by atoms with E-state index in [1.807, 2.05) is 6.08 Å². The summed E-state index contributed by atoms with van der Waals surface area (Å²) < 4.78 is 0. The van der Waals surface area contributed by atoms with Crippen molar-refractivity contribution in [1.82, 2.24) is 0 Å². The van der Waals surface area contributed by atoms with E-state index in [9.17, 15) is 4.79 Å². The highest BCUT2D eigenvalue weighted by Crippen LogP contribution is 2.36. The lowest BCUT2D eigenvalue weighted by molar-refractivity contribution is -0.140. The molecule has 1 unspecified atom stereocenters. The molecule has 2 heteroatoms. The van der Waals surface area contributed by atoms with E-state index in [1.54, 1.807) is 0 Å². The highest BCUT2D eigenvalue weighted by molar-refractivity contribution is 5.75. The Morgan fingerprint density at radius 3 is 3.17 bits per heavy atom. The Kier molecular flexibility index (Phi) is 1.75. The Hall–Kier alpha value is -1.05. The van der Waals surface area contributed by atoms with Crippen LogP contribution >= 0.6 is 0 Å². The lowest BCUT2D eigenvalue weighted by Gasteiger charge is -2.20. The minimum absolute atomic E-state index is 0.215. The average Bonchev–Trinajstić information content (AvgIpc) is 2.49. The second-order valence-corrected chi connectivity index (χ2v) is 3.45. The van der Waals surface area contributed by atoms with Crippen molar-refractivity contribution < 1.29 is 9.90 Å². The summed E-state index contributed by atoms with van der Waals surface area (Å²) in [5.74, 6) is -0.874. The molecule has 0 bridgehead atoms. The maximum atomic E-state index is 10.8. The summed E-state index contributed by atoms with van der Waals surface area (Å²) in [5.41, 5.74) is 2.45. The van der Waals surface area contributed by atoms with Gasteiger partial charge in [0.1, 0.15) is 0 Å². The van der Waals surface area contributed by atoms with Crippen LogP contribution in [0.1, 0.15) is 25.7 Å². The normalized spacial score (nSPS) is 27.5. The van der Waals surface area contributed by atoms with Gasteiger partial charge in [-0.2, -0.15) is 0 Å². The summed E-state index contributed by atoms with van der Waals surface area (Å²) in [6.45, 7) is 0. The van der Waals surface area contributed by atoms with E-state index in [0.29, 0.717) is 0 Å². The molecule has 2 aliphatic carbocycles. The number of allylic oxidation sites excluding steroid dienone is 3. The van der Waals surface area contributed by atoms with Crippen LogP contribution in [0, 0.1) is 5.92 Å². The van der Waals surface area contributed by atoms with Gasteiger partial charge in [-0.25, -0.2) is 0 Å². The van der Waals surface area contributed by atoms with Gasteiger partial charge in [-0.3, -0.25) is 4.79 Å². The van der Waals surface area contributed by atoms with Gasteiger partial charge in [0, 0.05) is 0 Å². The minimum atomic E-state index is -0.659. The molecule has 2 rings (SSSR count). The van der Waals surface area contributed by atoms with E-state index in [-0.39, 0.29) is 5.92 Å². The van der Waals surface area contributed by atoms with Gasteiger partial charge in [0.15, 0.2) is 0 Å². The van der Waals surface area contributed by atoms with E-state index >= 15 is 0 Å². The summed E-state index contributed by atoms with van der Waals surface area (Å²) in [6.07, 6.45) is 8.01. The Labute approximate surface area is 71.6 Å². The number of aliphatic carboxylic acids is 1. The van der Waals surface area contributed by atoms with Crippen LogP contribution in [0.25, 0.3) is 0 Å². The second-order valence-electron chi connectivity index (χ2n) is 3.45. The number of carboxylic acids is 1. The van der Waals surface area contributed by atoms with Gasteiger partial charge in [-0.15, -0.1) is 0 Å². The van der Waals surface area contributed by atoms with Crippen molar-refractivity contribution in [2.24, 2.45) is 5.92 Å². The predicted octanol–water partition coefficient (Wildman–Crippen LogP) is 2.13. The lowest BCUT2D eigenvalue weighted by Crippen LogP contribution is -2.18. The first kappa shape index (κ1) is 7.59. The first-order valence-electron chi connectivity index (χ1n) is 4.40. The van der Waals surface area contributed by atoms with E-state index < -0.39 is 5.97 Å². The molecule has 0 aromatic heterocycles. The molecule has 1 atom stereocenters. The molecule has 0 spiro atoms. The summed E-state index contributed by atoms with van der Waals surface area (Å²) in [5, 5.41) is 8.92. The van der Waals surface area contributed by atoms with Crippen molar-refractivity contribution in [3.05, 3.63) is 23.3 Å². The largest absolute Gasteiger partial charge is 0.481 e. The topological polar surface area (TPSA) is 37.3 Å². The van der Waals surface area contributed by atoms with E-state index in [0.717, 1.165) is 31.3 Å². The third kappa shape index (κ3) is 1.07. The fraction of sp³-hybridized carbons (Fsp3) is 0.500. The zero-order valence-corrected chi connectivity index (χ0v) is 6.92. The van der Waals surface area contributed by atoms with Crippen LogP contribution in [0.5, 0.6) is 0 Å². The van der Waals surface area contributed by atoms with Crippen molar-refractivity contribution in [3.8, 4) is 0 Å². The Morgan fingerprint density at radius 2 is 2.42 bits per heavy atom. The fourth-order valence-electron chi connectivity index (χ4n) is 2.10. The molecular formula is C10H12O2. The molecule has 0 saturated carbocycles. The maximum Gasteiger partial charge on any atom is 0.310 e. The van der Waals surface area contributed by atoms with Crippen molar-refractivity contribution in [3.63, 3.8) is 0 Å². The standard InChI is InChI=1S/C10H12O2/c11-10(12)9-6-2-4-7-3-1-5-8(7)9/h1,5,9H,2-4,6H2,(H,11,12). The molecule has 0 aromatic carbocycles. The zero-order chi connectivity index (χ0) is 8.55. The first-order valence-corrected chi connectivity index (χ1v) is 4.40. The average molecular weight is 164 g/mol. The maximum absolute atomic E-state index is 10.8. The number of hydrogen-bond donors (Lipinski definition) is 1. The van der Waals surface area contributed by atoms with E-state index in [2.05, 4.69) is 6.08 Å². The van der Waals surface area contributed by atoms with Gasteiger partial charge in [0.2, 0.25) is 0 Å². The molecule has 0 amide bonds. The molecule has 12 heavy (non-hydrogen) atoms. The molecule has 2 nitrogen and oxygen atoms in total. The molecule has 0 saturated heterocycles. The zero-order valence-electron chi connectivity index (χ0n) is 6.92. The molecule has 0 fully saturated rings. The van der Waals surface area contributed by atoms with Gasteiger partial charge < -0.3 is 5.11 Å². The Balaban J connectivity index is 2.30. The van der Waals surface area contributed by atoms with Gasteiger partial charge in [-0.1, -0.05) is 17.7 Å². The molecule has 0 aliphatic heterocycles. The third-order valence-corrected chi connectivity index (χ3v) is 2.71. The molecular weight excluding hydrogens is 152 g/mol. The van der Waals surface area contributed by atoms with Crippen molar-refractivity contribution >= 4 is 5.97 Å². The summed E-state index contributed by atoms with van der Waals surface area (Å²) in [7, 11) is 0. The first-order chi connectivity index (χ1) is 5.79. The Bertz CT molecular complexity index is 274. The molecule has 2 aliphatic rings. The molecule has 0 heterocycles. The van der Waals surface area contributed by atoms with Gasteiger partial charge >= 0.3 is 5.97 Å². The van der Waals surface area contributed by atoms with Crippen LogP contribution in [-0.2, 0) is 4.79 Å². The van der Waals surface area contributed by atoms with Gasteiger partial charge in [-0.05, 0) is 31.3 Å². The van der Waals surface area contributed by atoms with Crippen LogP contribution < -0.4 is 0 Å². The smallest absolute Gasteiger partial charge is 0.310 e. The lowest BCUT2D eigenvalue weighted by atomic mass is 9.84. The second kappa shape index (κ2) is 2.77. The third-order valence-electron chi connectivity index (χ3n) is 2.71. The van der Waals surface area contributed by atoms with Crippen LogP contribution in [0.2, 0.25) is 0 Å².